The zero-order valence-electron chi connectivity index (χ0n) is 12.4. The van der Waals surface area contributed by atoms with E-state index in [-0.39, 0.29) is 5.82 Å². The van der Waals surface area contributed by atoms with Gasteiger partial charge in [0.2, 0.25) is 0 Å². The van der Waals surface area contributed by atoms with Gasteiger partial charge < -0.3 is 20.1 Å². The van der Waals surface area contributed by atoms with Gasteiger partial charge in [-0.3, -0.25) is 0 Å². The van der Waals surface area contributed by atoms with Crippen LogP contribution in [0.25, 0.3) is 0 Å². The highest BCUT2D eigenvalue weighted by molar-refractivity contribution is 7.80. The lowest BCUT2D eigenvalue weighted by molar-refractivity contribution is 0.395. The van der Waals surface area contributed by atoms with Gasteiger partial charge in [0.25, 0.3) is 0 Å². The topological polar surface area (TPSA) is 42.5 Å². The molecule has 6 heteroatoms. The second-order valence-electron chi connectivity index (χ2n) is 4.50. The Hall–Kier alpha value is -2.34. The fraction of sp³-hybridized carbons (Fsp3) is 0.188. The maximum Gasteiger partial charge on any atom is 0.171 e. The van der Waals surface area contributed by atoms with Gasteiger partial charge >= 0.3 is 0 Å². The summed E-state index contributed by atoms with van der Waals surface area (Å²) in [6, 6.07) is 11.7. The number of ether oxygens (including phenoxy) is 2. The number of halogens is 1. The largest absolute Gasteiger partial charge is 0.497 e. The Morgan fingerprint density at radius 3 is 2.45 bits per heavy atom. The van der Waals surface area contributed by atoms with Crippen molar-refractivity contribution < 1.29 is 13.9 Å². The third-order valence-corrected chi connectivity index (χ3v) is 3.27. The van der Waals surface area contributed by atoms with E-state index in [1.807, 2.05) is 12.1 Å². The molecule has 0 fully saturated rings. The minimum absolute atomic E-state index is 0.257. The number of hydrogen-bond acceptors (Lipinski definition) is 3. The Bertz CT molecular complexity index is 647. The number of anilines is 1. The summed E-state index contributed by atoms with van der Waals surface area (Å²) in [6.07, 6.45) is 0. The van der Waals surface area contributed by atoms with E-state index in [1.54, 1.807) is 32.4 Å². The van der Waals surface area contributed by atoms with Crippen LogP contribution in [0.5, 0.6) is 11.5 Å². The molecule has 2 aromatic carbocycles. The van der Waals surface area contributed by atoms with Crippen molar-refractivity contribution in [3.8, 4) is 11.5 Å². The average molecular weight is 320 g/mol. The summed E-state index contributed by atoms with van der Waals surface area (Å²) >= 11 is 5.25. The van der Waals surface area contributed by atoms with E-state index in [0.29, 0.717) is 23.2 Å². The molecule has 0 atom stereocenters. The van der Waals surface area contributed by atoms with Crippen molar-refractivity contribution in [2.45, 2.75) is 6.54 Å². The number of methoxy groups -OCH3 is 2. The van der Waals surface area contributed by atoms with Crippen molar-refractivity contribution in [3.05, 3.63) is 53.8 Å². The Morgan fingerprint density at radius 1 is 1.09 bits per heavy atom. The first-order chi connectivity index (χ1) is 10.6. The number of benzene rings is 2. The van der Waals surface area contributed by atoms with Gasteiger partial charge in [0.1, 0.15) is 17.3 Å². The highest BCUT2D eigenvalue weighted by Gasteiger charge is 2.06. The van der Waals surface area contributed by atoms with Gasteiger partial charge in [-0.15, -0.1) is 0 Å². The van der Waals surface area contributed by atoms with Crippen LogP contribution in [0.15, 0.2) is 42.5 Å². The normalized spacial score (nSPS) is 9.95. The van der Waals surface area contributed by atoms with Crippen LogP contribution in [0.1, 0.15) is 5.56 Å². The van der Waals surface area contributed by atoms with Crippen LogP contribution >= 0.6 is 12.2 Å². The molecule has 0 aliphatic rings. The van der Waals surface area contributed by atoms with Crippen molar-refractivity contribution in [2.24, 2.45) is 0 Å². The third-order valence-electron chi connectivity index (χ3n) is 3.02. The van der Waals surface area contributed by atoms with Crippen molar-refractivity contribution in [2.75, 3.05) is 19.5 Å². The molecule has 0 amide bonds. The van der Waals surface area contributed by atoms with E-state index >= 15 is 0 Å². The molecule has 0 saturated carbocycles. The molecule has 22 heavy (non-hydrogen) atoms. The lowest BCUT2D eigenvalue weighted by atomic mass is 10.2. The monoisotopic (exact) mass is 320 g/mol. The Morgan fingerprint density at radius 2 is 1.82 bits per heavy atom. The minimum atomic E-state index is -0.257. The fourth-order valence-corrected chi connectivity index (χ4v) is 2.04. The van der Waals surface area contributed by atoms with Gasteiger partial charge in [0.05, 0.1) is 19.9 Å². The molecule has 0 heterocycles. The highest BCUT2D eigenvalue weighted by Crippen LogP contribution is 2.28. The first-order valence-corrected chi connectivity index (χ1v) is 7.04. The number of rotatable bonds is 5. The maximum atomic E-state index is 12.8. The molecule has 116 valence electrons. The average Bonchev–Trinajstić information content (AvgIpc) is 2.54. The van der Waals surface area contributed by atoms with Crippen LogP contribution in [0.3, 0.4) is 0 Å². The lowest BCUT2D eigenvalue weighted by Gasteiger charge is -2.14. The van der Waals surface area contributed by atoms with Crippen LogP contribution in [-0.4, -0.2) is 19.3 Å². The molecule has 0 radical (unpaired) electrons. The lowest BCUT2D eigenvalue weighted by Crippen LogP contribution is -2.28. The molecule has 4 nitrogen and oxygen atoms in total. The molecule has 0 aromatic heterocycles. The second kappa shape index (κ2) is 7.61. The van der Waals surface area contributed by atoms with E-state index in [2.05, 4.69) is 10.6 Å². The summed E-state index contributed by atoms with van der Waals surface area (Å²) in [5.74, 6) is 1.07. The first kappa shape index (κ1) is 16.0. The molecule has 0 saturated heterocycles. The van der Waals surface area contributed by atoms with E-state index in [9.17, 15) is 4.39 Å². The summed E-state index contributed by atoms with van der Waals surface area (Å²) in [5, 5.41) is 6.57. The van der Waals surface area contributed by atoms with Gasteiger partial charge in [0.15, 0.2) is 5.11 Å². The molecular formula is C16H17FN2O2S. The van der Waals surface area contributed by atoms with Crippen LogP contribution < -0.4 is 20.1 Å². The third kappa shape index (κ3) is 4.33. The van der Waals surface area contributed by atoms with Crippen LogP contribution in [0.4, 0.5) is 10.1 Å². The summed E-state index contributed by atoms with van der Waals surface area (Å²) in [6.45, 7) is 0.505. The van der Waals surface area contributed by atoms with Gasteiger partial charge in [-0.25, -0.2) is 4.39 Å². The van der Waals surface area contributed by atoms with Crippen LogP contribution in [0, 0.1) is 5.82 Å². The summed E-state index contributed by atoms with van der Waals surface area (Å²) in [5.41, 5.74) is 1.67. The zero-order chi connectivity index (χ0) is 15.9. The Labute approximate surface area is 134 Å². The van der Waals surface area contributed by atoms with E-state index in [1.165, 1.54) is 12.1 Å². The number of thiocarbonyl (C=S) groups is 1. The summed E-state index contributed by atoms with van der Waals surface area (Å²) < 4.78 is 23.3. The predicted octanol–water partition coefficient (Wildman–Crippen LogP) is 3.33. The molecule has 0 unspecified atom stereocenters. The van der Waals surface area contributed by atoms with E-state index < -0.39 is 0 Å². The van der Waals surface area contributed by atoms with Crippen molar-refractivity contribution >= 4 is 23.0 Å². The molecule has 0 spiro atoms. The van der Waals surface area contributed by atoms with Crippen molar-refractivity contribution in [1.82, 2.24) is 5.32 Å². The first-order valence-electron chi connectivity index (χ1n) is 6.63. The molecule has 2 N–H and O–H groups in total. The van der Waals surface area contributed by atoms with Gasteiger partial charge in [0, 0.05) is 12.6 Å². The summed E-state index contributed by atoms with van der Waals surface area (Å²) in [4.78, 5) is 0. The Kier molecular flexibility index (Phi) is 5.55. The minimum Gasteiger partial charge on any atom is -0.497 e. The second-order valence-corrected chi connectivity index (χ2v) is 4.91. The molecular weight excluding hydrogens is 303 g/mol. The van der Waals surface area contributed by atoms with E-state index in [0.717, 1.165) is 11.3 Å². The standard InChI is InChI=1S/C16H17FN2O2S/c1-20-13-7-8-14(15(9-13)21-2)19-16(22)18-10-11-3-5-12(17)6-4-11/h3-9H,10H2,1-2H3,(H2,18,19,22). The fourth-order valence-electron chi connectivity index (χ4n) is 1.85. The highest BCUT2D eigenvalue weighted by atomic mass is 32.1. The van der Waals surface area contributed by atoms with Crippen molar-refractivity contribution in [3.63, 3.8) is 0 Å². The molecule has 0 bridgehead atoms. The molecule has 2 rings (SSSR count). The SMILES string of the molecule is COc1ccc(NC(=S)NCc2ccc(F)cc2)c(OC)c1. The van der Waals surface area contributed by atoms with Crippen LogP contribution in [0.2, 0.25) is 0 Å². The smallest absolute Gasteiger partial charge is 0.171 e. The summed E-state index contributed by atoms with van der Waals surface area (Å²) in [7, 11) is 3.17. The van der Waals surface area contributed by atoms with Gasteiger partial charge in [-0.2, -0.15) is 0 Å². The quantitative estimate of drug-likeness (QED) is 0.827. The van der Waals surface area contributed by atoms with E-state index in [4.69, 9.17) is 21.7 Å². The van der Waals surface area contributed by atoms with Crippen molar-refractivity contribution in [1.29, 1.82) is 0 Å². The molecule has 0 aliphatic carbocycles. The zero-order valence-corrected chi connectivity index (χ0v) is 13.2. The number of hydrogen-bond donors (Lipinski definition) is 2. The Balaban J connectivity index is 1.95. The van der Waals surface area contributed by atoms with Gasteiger partial charge in [-0.1, -0.05) is 12.1 Å². The predicted molar refractivity (Wildman–Crippen MR) is 89.0 cm³/mol. The number of nitrogens with one attached hydrogen (secondary N) is 2. The maximum absolute atomic E-state index is 12.8. The molecule has 2 aromatic rings. The van der Waals surface area contributed by atoms with Gasteiger partial charge in [-0.05, 0) is 42.0 Å². The molecule has 0 aliphatic heterocycles. The van der Waals surface area contributed by atoms with Crippen LogP contribution in [-0.2, 0) is 6.54 Å².